The Hall–Kier alpha value is -3.00. The fraction of sp³-hybridized carbons (Fsp3) is 0.318. The summed E-state index contributed by atoms with van der Waals surface area (Å²) in [5, 5.41) is 11.2. The first kappa shape index (κ1) is 21.7. The van der Waals surface area contributed by atoms with Crippen LogP contribution in [0.15, 0.2) is 53.7 Å². The summed E-state index contributed by atoms with van der Waals surface area (Å²) in [7, 11) is 0. The third kappa shape index (κ3) is 5.33. The van der Waals surface area contributed by atoms with Gasteiger partial charge in [-0.05, 0) is 49.1 Å². The van der Waals surface area contributed by atoms with Gasteiger partial charge in [0, 0.05) is 5.69 Å². The number of anilines is 1. The van der Waals surface area contributed by atoms with E-state index in [1.54, 1.807) is 6.92 Å². The molecule has 0 saturated carbocycles. The minimum atomic E-state index is -0.395. The first-order chi connectivity index (χ1) is 14.3. The van der Waals surface area contributed by atoms with E-state index in [1.165, 1.54) is 22.0 Å². The second kappa shape index (κ2) is 9.67. The van der Waals surface area contributed by atoms with Crippen LogP contribution in [-0.4, -0.2) is 26.0 Å². The second-order valence-corrected chi connectivity index (χ2v) is 8.65. The predicted octanol–water partition coefficient (Wildman–Crippen LogP) is 4.12. The number of nitrogens with zero attached hydrogens (tertiary/aromatic N) is 3. The third-order valence-corrected chi connectivity index (χ3v) is 5.76. The van der Waals surface area contributed by atoms with Crippen LogP contribution in [-0.2, 0) is 11.4 Å². The average Bonchev–Trinajstić information content (AvgIpc) is 3.07. The molecule has 3 rings (SSSR count). The SMILES string of the molecule is Cc1ccccc1NC(=O)C(C)Sc1nnc(COc2ccc(C(C)C)cc2)n1N. The van der Waals surface area contributed by atoms with E-state index in [1.807, 2.05) is 55.5 Å². The minimum absolute atomic E-state index is 0.125. The second-order valence-electron chi connectivity index (χ2n) is 7.35. The molecule has 0 radical (unpaired) electrons. The lowest BCUT2D eigenvalue weighted by molar-refractivity contribution is -0.115. The number of rotatable bonds is 8. The van der Waals surface area contributed by atoms with Gasteiger partial charge in [-0.2, -0.15) is 0 Å². The number of benzene rings is 2. The molecule has 0 aliphatic rings. The Labute approximate surface area is 181 Å². The first-order valence-corrected chi connectivity index (χ1v) is 10.7. The number of nitrogens with two attached hydrogens (primary N) is 1. The summed E-state index contributed by atoms with van der Waals surface area (Å²) in [5.74, 6) is 7.68. The smallest absolute Gasteiger partial charge is 0.237 e. The number of nitrogens with one attached hydrogen (secondary N) is 1. The maximum atomic E-state index is 12.5. The number of hydrogen-bond acceptors (Lipinski definition) is 6. The van der Waals surface area contributed by atoms with Crippen LogP contribution in [0.5, 0.6) is 5.75 Å². The quantitative estimate of drug-likeness (QED) is 0.416. The number of carbonyl (C=O) groups excluding carboxylic acids is 1. The van der Waals surface area contributed by atoms with Gasteiger partial charge in [0.15, 0.2) is 5.82 Å². The highest BCUT2D eigenvalue weighted by Gasteiger charge is 2.20. The summed E-state index contributed by atoms with van der Waals surface area (Å²) < 4.78 is 7.14. The van der Waals surface area contributed by atoms with Crippen LogP contribution in [0.2, 0.25) is 0 Å². The summed E-state index contributed by atoms with van der Waals surface area (Å²) in [5.41, 5.74) is 3.05. The zero-order valence-corrected chi connectivity index (χ0v) is 18.4. The van der Waals surface area contributed by atoms with E-state index in [4.69, 9.17) is 10.6 Å². The van der Waals surface area contributed by atoms with Crippen molar-refractivity contribution in [3.05, 3.63) is 65.5 Å². The molecule has 1 amide bonds. The lowest BCUT2D eigenvalue weighted by Gasteiger charge is -2.13. The molecule has 7 nitrogen and oxygen atoms in total. The van der Waals surface area contributed by atoms with Crippen molar-refractivity contribution in [3.8, 4) is 5.75 Å². The summed E-state index contributed by atoms with van der Waals surface area (Å²) in [6.07, 6.45) is 0. The van der Waals surface area contributed by atoms with Crippen LogP contribution in [0.1, 0.15) is 43.6 Å². The number of hydrogen-bond donors (Lipinski definition) is 2. The Morgan fingerprint density at radius 1 is 1.13 bits per heavy atom. The van der Waals surface area contributed by atoms with Gasteiger partial charge in [-0.1, -0.05) is 55.9 Å². The van der Waals surface area contributed by atoms with E-state index in [0.29, 0.717) is 16.9 Å². The number of ether oxygens (including phenoxy) is 1. The molecule has 0 aliphatic carbocycles. The van der Waals surface area contributed by atoms with Crippen molar-refractivity contribution in [1.29, 1.82) is 0 Å². The topological polar surface area (TPSA) is 95.1 Å². The molecule has 158 valence electrons. The molecule has 0 bridgehead atoms. The molecular formula is C22H27N5O2S. The molecule has 30 heavy (non-hydrogen) atoms. The van der Waals surface area contributed by atoms with Crippen LogP contribution in [0.3, 0.4) is 0 Å². The predicted molar refractivity (Wildman–Crippen MR) is 120 cm³/mol. The first-order valence-electron chi connectivity index (χ1n) is 9.80. The number of para-hydroxylation sites is 1. The average molecular weight is 426 g/mol. The van der Waals surface area contributed by atoms with Gasteiger partial charge in [-0.3, -0.25) is 4.79 Å². The molecule has 3 N–H and O–H groups in total. The Kier molecular flexibility index (Phi) is 6.99. The van der Waals surface area contributed by atoms with E-state index in [2.05, 4.69) is 29.4 Å². The monoisotopic (exact) mass is 425 g/mol. The summed E-state index contributed by atoms with van der Waals surface area (Å²) >= 11 is 1.25. The van der Waals surface area contributed by atoms with Gasteiger partial charge in [-0.25, -0.2) is 4.68 Å². The van der Waals surface area contributed by atoms with E-state index in [9.17, 15) is 4.79 Å². The van der Waals surface area contributed by atoms with Gasteiger partial charge in [-0.15, -0.1) is 10.2 Å². The molecule has 0 spiro atoms. The van der Waals surface area contributed by atoms with Crippen LogP contribution in [0, 0.1) is 6.92 Å². The minimum Gasteiger partial charge on any atom is -0.486 e. The van der Waals surface area contributed by atoms with Crippen molar-refractivity contribution < 1.29 is 9.53 Å². The Balaban J connectivity index is 1.57. The van der Waals surface area contributed by atoms with Crippen molar-refractivity contribution >= 4 is 23.4 Å². The number of aryl methyl sites for hydroxylation is 1. The van der Waals surface area contributed by atoms with E-state index < -0.39 is 5.25 Å². The Morgan fingerprint density at radius 2 is 1.83 bits per heavy atom. The zero-order chi connectivity index (χ0) is 21.7. The van der Waals surface area contributed by atoms with Crippen molar-refractivity contribution in [2.45, 2.75) is 50.6 Å². The van der Waals surface area contributed by atoms with Crippen LogP contribution in [0.4, 0.5) is 5.69 Å². The van der Waals surface area contributed by atoms with Crippen molar-refractivity contribution in [2.75, 3.05) is 11.2 Å². The van der Waals surface area contributed by atoms with E-state index in [-0.39, 0.29) is 12.5 Å². The maximum Gasteiger partial charge on any atom is 0.237 e. The number of aromatic nitrogens is 3. The fourth-order valence-corrected chi connectivity index (χ4v) is 3.53. The van der Waals surface area contributed by atoms with E-state index in [0.717, 1.165) is 17.0 Å². The molecule has 0 fully saturated rings. The molecule has 1 unspecified atom stereocenters. The highest BCUT2D eigenvalue weighted by atomic mass is 32.2. The highest BCUT2D eigenvalue weighted by Crippen LogP contribution is 2.24. The summed E-state index contributed by atoms with van der Waals surface area (Å²) in [6.45, 7) is 8.24. The molecule has 3 aromatic rings. The van der Waals surface area contributed by atoms with Crippen molar-refractivity contribution in [2.24, 2.45) is 0 Å². The highest BCUT2D eigenvalue weighted by molar-refractivity contribution is 8.00. The van der Waals surface area contributed by atoms with Crippen LogP contribution >= 0.6 is 11.8 Å². The van der Waals surface area contributed by atoms with Gasteiger partial charge in [0.1, 0.15) is 12.4 Å². The molecule has 1 heterocycles. The number of amides is 1. The molecule has 1 atom stereocenters. The number of carbonyl (C=O) groups is 1. The van der Waals surface area contributed by atoms with Crippen molar-refractivity contribution in [1.82, 2.24) is 14.9 Å². The van der Waals surface area contributed by atoms with Crippen molar-refractivity contribution in [3.63, 3.8) is 0 Å². The van der Waals surface area contributed by atoms with Crippen LogP contribution < -0.4 is 15.9 Å². The molecule has 0 aliphatic heterocycles. The Morgan fingerprint density at radius 3 is 2.50 bits per heavy atom. The number of thioether (sulfide) groups is 1. The molecule has 0 saturated heterocycles. The van der Waals surface area contributed by atoms with Gasteiger partial charge in [0.05, 0.1) is 5.25 Å². The Bertz CT molecular complexity index is 1000. The third-order valence-electron chi connectivity index (χ3n) is 4.70. The van der Waals surface area contributed by atoms with Gasteiger partial charge < -0.3 is 15.9 Å². The lowest BCUT2D eigenvalue weighted by atomic mass is 10.0. The summed E-state index contributed by atoms with van der Waals surface area (Å²) in [4.78, 5) is 12.5. The lowest BCUT2D eigenvalue weighted by Crippen LogP contribution is -2.24. The van der Waals surface area contributed by atoms with Gasteiger partial charge in [0.2, 0.25) is 11.1 Å². The van der Waals surface area contributed by atoms with Gasteiger partial charge >= 0.3 is 0 Å². The number of nitrogen functional groups attached to an aromatic ring is 1. The summed E-state index contributed by atoms with van der Waals surface area (Å²) in [6, 6.07) is 15.6. The molecule has 2 aromatic carbocycles. The normalized spacial score (nSPS) is 12.0. The van der Waals surface area contributed by atoms with E-state index >= 15 is 0 Å². The van der Waals surface area contributed by atoms with Gasteiger partial charge in [0.25, 0.3) is 0 Å². The molecule has 8 heteroatoms. The molecular weight excluding hydrogens is 398 g/mol. The standard InChI is InChI=1S/C22H27N5O2S/c1-14(2)17-9-11-18(12-10-17)29-13-20-25-26-22(27(20)23)30-16(4)21(28)24-19-8-6-5-7-15(19)3/h5-12,14,16H,13,23H2,1-4H3,(H,24,28). The zero-order valence-electron chi connectivity index (χ0n) is 17.6. The van der Waals surface area contributed by atoms with Crippen LogP contribution in [0.25, 0.3) is 0 Å². The molecule has 1 aromatic heterocycles. The largest absolute Gasteiger partial charge is 0.486 e. The fourth-order valence-electron chi connectivity index (χ4n) is 2.74. The maximum absolute atomic E-state index is 12.5.